The van der Waals surface area contributed by atoms with E-state index in [1.165, 1.54) is 12.1 Å². The fraction of sp³-hybridized carbons (Fsp3) is 0.625. The van der Waals surface area contributed by atoms with Crippen molar-refractivity contribution in [1.29, 1.82) is 0 Å². The highest BCUT2D eigenvalue weighted by molar-refractivity contribution is 7.90. The number of benzene rings is 1. The molecule has 0 spiro atoms. The van der Waals surface area contributed by atoms with Crippen LogP contribution in [0.15, 0.2) is 18.2 Å². The van der Waals surface area contributed by atoms with Crippen LogP contribution in [-0.2, 0) is 17.3 Å². The highest BCUT2D eigenvalue weighted by Crippen LogP contribution is 2.41. The topological polar surface area (TPSA) is 55.3 Å². The van der Waals surface area contributed by atoms with E-state index in [9.17, 15) is 22.8 Å². The van der Waals surface area contributed by atoms with Gasteiger partial charge in [-0.25, -0.2) is 4.39 Å². The molecule has 0 radical (unpaired) electrons. The van der Waals surface area contributed by atoms with Crippen LogP contribution in [0.25, 0.3) is 0 Å². The monoisotopic (exact) mass is 351 g/mol. The predicted octanol–water partition coefficient (Wildman–Crippen LogP) is 3.80. The lowest BCUT2D eigenvalue weighted by Crippen LogP contribution is -2.42. The molecule has 23 heavy (non-hydrogen) atoms. The summed E-state index contributed by atoms with van der Waals surface area (Å²) in [5.74, 6) is -4.86. The van der Waals surface area contributed by atoms with Gasteiger partial charge in [0.2, 0.25) is 0 Å². The van der Waals surface area contributed by atoms with E-state index in [-0.39, 0.29) is 5.56 Å². The van der Waals surface area contributed by atoms with Crippen LogP contribution in [0.3, 0.4) is 0 Å². The molecule has 2 atom stereocenters. The van der Waals surface area contributed by atoms with Crippen LogP contribution in [0, 0.1) is 5.82 Å². The molecule has 132 valence electrons. The lowest BCUT2D eigenvalue weighted by atomic mass is 9.91. The van der Waals surface area contributed by atoms with Crippen LogP contribution in [-0.4, -0.2) is 20.0 Å². The summed E-state index contributed by atoms with van der Waals surface area (Å²) in [6, 6.07) is 2.87. The van der Waals surface area contributed by atoms with Crippen molar-refractivity contribution < 1.29 is 22.8 Å². The zero-order chi connectivity index (χ0) is 18.2. The van der Waals surface area contributed by atoms with Gasteiger partial charge in [0.25, 0.3) is 0 Å². The first-order chi connectivity index (χ1) is 10.2. The minimum atomic E-state index is -3.75. The highest BCUT2D eigenvalue weighted by Gasteiger charge is 2.49. The summed E-state index contributed by atoms with van der Waals surface area (Å²) < 4.78 is 57.3. The van der Waals surface area contributed by atoms with Gasteiger partial charge in [-0.15, -0.1) is 4.72 Å². The second kappa shape index (κ2) is 6.63. The van der Waals surface area contributed by atoms with Gasteiger partial charge in [-0.05, 0) is 47.6 Å². The number of hydrogen-bond donors (Lipinski definition) is 2. The molecule has 1 aromatic rings. The van der Waals surface area contributed by atoms with Crippen LogP contribution in [0.5, 0.6) is 0 Å². The number of alkyl halides is 2. The van der Waals surface area contributed by atoms with Gasteiger partial charge in [-0.3, -0.25) is 0 Å². The number of hydrogen-bond acceptors (Lipinski definition) is 3. The molecule has 0 amide bonds. The van der Waals surface area contributed by atoms with Crippen LogP contribution in [0.2, 0.25) is 0 Å². The Morgan fingerprint density at radius 2 is 1.70 bits per heavy atom. The van der Waals surface area contributed by atoms with Gasteiger partial charge >= 0.3 is 5.92 Å². The summed E-state index contributed by atoms with van der Waals surface area (Å²) >= 11 is -1.47. The molecule has 7 heteroatoms. The minimum Gasteiger partial charge on any atom is -0.598 e. The van der Waals surface area contributed by atoms with E-state index in [2.05, 4.69) is 4.72 Å². The zero-order valence-electron chi connectivity index (χ0n) is 14.2. The number of nitrogens with one attached hydrogen (secondary N) is 1. The standard InChI is InChI=1S/C16H24F3NO2S/c1-10(20-23(22)14(2,3)4)11-8-7-9-12(13(11)17)16(18,19)15(5,6)21/h7-10,20-21H,1-6H3/t10-,23+/m1/s1. The lowest BCUT2D eigenvalue weighted by molar-refractivity contribution is -0.170. The van der Waals surface area contributed by atoms with Gasteiger partial charge in [0.05, 0.1) is 11.6 Å². The minimum absolute atomic E-state index is 0.0241. The van der Waals surface area contributed by atoms with Crippen molar-refractivity contribution in [3.8, 4) is 0 Å². The maximum atomic E-state index is 14.6. The summed E-state index contributed by atoms with van der Waals surface area (Å²) in [5, 5.41) is 9.62. The van der Waals surface area contributed by atoms with Crippen molar-refractivity contribution in [2.45, 2.75) is 63.9 Å². The third kappa shape index (κ3) is 4.41. The van der Waals surface area contributed by atoms with E-state index >= 15 is 0 Å². The SMILES string of the molecule is C[C@@H](N[S@@+]([O-])C(C)(C)C)c1cccc(C(F)(F)C(C)(C)O)c1F. The number of rotatable bonds is 5. The maximum Gasteiger partial charge on any atom is 0.303 e. The molecule has 0 aliphatic rings. The molecule has 2 N–H and O–H groups in total. The van der Waals surface area contributed by atoms with Crippen LogP contribution < -0.4 is 4.72 Å². The average molecular weight is 351 g/mol. The third-order valence-corrected chi connectivity index (χ3v) is 5.12. The Balaban J connectivity index is 3.20. The van der Waals surface area contributed by atoms with E-state index < -0.39 is 45.1 Å². The van der Waals surface area contributed by atoms with Gasteiger partial charge in [0, 0.05) is 16.9 Å². The Morgan fingerprint density at radius 3 is 2.13 bits per heavy atom. The molecule has 0 saturated heterocycles. The Labute approximate surface area is 138 Å². The summed E-state index contributed by atoms with van der Waals surface area (Å²) in [6.07, 6.45) is 0. The van der Waals surface area contributed by atoms with Crippen molar-refractivity contribution in [3.05, 3.63) is 35.1 Å². The van der Waals surface area contributed by atoms with Gasteiger partial charge in [0.15, 0.2) is 0 Å². The van der Waals surface area contributed by atoms with Crippen molar-refractivity contribution >= 4 is 11.4 Å². The molecule has 0 aliphatic heterocycles. The fourth-order valence-corrected chi connectivity index (χ4v) is 2.66. The average Bonchev–Trinajstić information content (AvgIpc) is 2.35. The number of aliphatic hydroxyl groups is 1. The molecule has 0 heterocycles. The van der Waals surface area contributed by atoms with E-state index in [1.54, 1.807) is 27.7 Å². The molecule has 1 aromatic carbocycles. The quantitative estimate of drug-likeness (QED) is 0.794. The smallest absolute Gasteiger partial charge is 0.303 e. The maximum absolute atomic E-state index is 14.6. The molecule has 3 nitrogen and oxygen atoms in total. The Bertz CT molecular complexity index is 553. The van der Waals surface area contributed by atoms with Crippen LogP contribution >= 0.6 is 0 Å². The summed E-state index contributed by atoms with van der Waals surface area (Å²) in [7, 11) is 0. The van der Waals surface area contributed by atoms with Crippen molar-refractivity contribution in [3.63, 3.8) is 0 Å². The fourth-order valence-electron chi connectivity index (χ4n) is 1.86. The second-order valence-electron chi connectivity index (χ2n) is 7.06. The zero-order valence-corrected chi connectivity index (χ0v) is 15.0. The van der Waals surface area contributed by atoms with Crippen LogP contribution in [0.1, 0.15) is 58.7 Å². The number of halogens is 3. The second-order valence-corrected chi connectivity index (χ2v) is 9.06. The molecule has 0 saturated carbocycles. The summed E-state index contributed by atoms with van der Waals surface area (Å²) in [4.78, 5) is 0. The first-order valence-corrected chi connectivity index (χ1v) is 8.41. The normalized spacial score (nSPS) is 16.3. The van der Waals surface area contributed by atoms with Crippen molar-refractivity contribution in [2.24, 2.45) is 0 Å². The van der Waals surface area contributed by atoms with E-state index in [4.69, 9.17) is 0 Å². The molecule has 0 aromatic heterocycles. The summed E-state index contributed by atoms with van der Waals surface area (Å²) in [6.45, 7) is 8.65. The predicted molar refractivity (Wildman–Crippen MR) is 86.0 cm³/mol. The molecule has 0 bridgehead atoms. The molecular formula is C16H24F3NO2S. The Kier molecular flexibility index (Phi) is 5.84. The lowest BCUT2D eigenvalue weighted by Gasteiger charge is -2.31. The van der Waals surface area contributed by atoms with Gasteiger partial charge in [-0.1, -0.05) is 12.1 Å². The highest BCUT2D eigenvalue weighted by atomic mass is 32.2. The molecule has 0 aliphatic carbocycles. The van der Waals surface area contributed by atoms with Gasteiger partial charge < -0.3 is 9.66 Å². The Morgan fingerprint density at radius 1 is 1.17 bits per heavy atom. The van der Waals surface area contributed by atoms with Crippen LogP contribution in [0.4, 0.5) is 13.2 Å². The van der Waals surface area contributed by atoms with Crippen molar-refractivity contribution in [2.75, 3.05) is 0 Å². The van der Waals surface area contributed by atoms with E-state index in [0.717, 1.165) is 19.9 Å². The van der Waals surface area contributed by atoms with E-state index in [1.807, 2.05) is 0 Å². The van der Waals surface area contributed by atoms with Gasteiger partial charge in [0.1, 0.15) is 16.2 Å². The molecule has 0 unspecified atom stereocenters. The molecular weight excluding hydrogens is 327 g/mol. The molecule has 1 rings (SSSR count). The first kappa shape index (κ1) is 20.3. The largest absolute Gasteiger partial charge is 0.598 e. The third-order valence-electron chi connectivity index (χ3n) is 3.44. The van der Waals surface area contributed by atoms with Gasteiger partial charge in [-0.2, -0.15) is 8.78 Å². The summed E-state index contributed by atoms with van der Waals surface area (Å²) in [5.41, 5.74) is -3.31. The van der Waals surface area contributed by atoms with Crippen molar-refractivity contribution in [1.82, 2.24) is 4.72 Å². The molecule has 0 fully saturated rings. The Hall–Kier alpha value is -0.760. The van der Waals surface area contributed by atoms with E-state index in [0.29, 0.717) is 0 Å². The first-order valence-electron chi connectivity index (χ1n) is 7.26.